The molecule has 0 amide bonds. The van der Waals surface area contributed by atoms with Crippen LogP contribution in [-0.4, -0.2) is 5.84 Å². The van der Waals surface area contributed by atoms with E-state index in [1.807, 2.05) is 19.2 Å². The first-order chi connectivity index (χ1) is 9.22. The zero-order valence-corrected chi connectivity index (χ0v) is 11.0. The molecule has 1 N–H and O–H groups in total. The second-order valence-corrected chi connectivity index (χ2v) is 5.15. The summed E-state index contributed by atoms with van der Waals surface area (Å²) in [6.07, 6.45) is 7.89. The van der Waals surface area contributed by atoms with Gasteiger partial charge < -0.3 is 5.32 Å². The molecule has 0 saturated heterocycles. The van der Waals surface area contributed by atoms with E-state index in [2.05, 4.69) is 16.4 Å². The van der Waals surface area contributed by atoms with E-state index in [1.54, 1.807) is 6.07 Å². The average Bonchev–Trinajstić information content (AvgIpc) is 2.50. The zero-order chi connectivity index (χ0) is 13.2. The Morgan fingerprint density at radius 1 is 1.32 bits per heavy atom. The van der Waals surface area contributed by atoms with E-state index in [-0.39, 0.29) is 5.82 Å². The molecule has 98 valence electrons. The third kappa shape index (κ3) is 2.60. The van der Waals surface area contributed by atoms with E-state index >= 15 is 0 Å². The van der Waals surface area contributed by atoms with Crippen molar-refractivity contribution in [1.29, 1.82) is 0 Å². The fourth-order valence-electron chi connectivity index (χ4n) is 2.41. The Hall–Kier alpha value is -1.90. The Labute approximate surface area is 112 Å². The van der Waals surface area contributed by atoms with Crippen LogP contribution in [0.25, 0.3) is 5.70 Å². The lowest BCUT2D eigenvalue weighted by Crippen LogP contribution is -2.17. The first-order valence-electron chi connectivity index (χ1n) is 6.72. The molecule has 3 heteroatoms. The van der Waals surface area contributed by atoms with Crippen molar-refractivity contribution >= 4 is 11.5 Å². The number of hydrogen-bond donors (Lipinski definition) is 1. The smallest absolute Gasteiger partial charge is 0.123 e. The molecule has 1 heterocycles. The van der Waals surface area contributed by atoms with Crippen molar-refractivity contribution < 1.29 is 4.39 Å². The highest BCUT2D eigenvalue weighted by Crippen LogP contribution is 2.35. The van der Waals surface area contributed by atoms with Gasteiger partial charge in [-0.2, -0.15) is 0 Å². The van der Waals surface area contributed by atoms with Crippen molar-refractivity contribution in [3.05, 3.63) is 53.5 Å². The van der Waals surface area contributed by atoms with E-state index < -0.39 is 0 Å². The van der Waals surface area contributed by atoms with Crippen LogP contribution in [0.3, 0.4) is 0 Å². The van der Waals surface area contributed by atoms with Crippen molar-refractivity contribution in [2.75, 3.05) is 0 Å². The van der Waals surface area contributed by atoms with Gasteiger partial charge in [0.15, 0.2) is 0 Å². The molecule has 2 aliphatic rings. The summed E-state index contributed by atoms with van der Waals surface area (Å²) in [7, 11) is 0. The van der Waals surface area contributed by atoms with Gasteiger partial charge in [-0.1, -0.05) is 18.6 Å². The number of amidine groups is 1. The summed E-state index contributed by atoms with van der Waals surface area (Å²) in [5, 5.41) is 3.20. The highest BCUT2D eigenvalue weighted by atomic mass is 19.1. The predicted molar refractivity (Wildman–Crippen MR) is 76.0 cm³/mol. The summed E-state index contributed by atoms with van der Waals surface area (Å²) < 4.78 is 13.3. The lowest BCUT2D eigenvalue weighted by atomic mass is 9.79. The molecule has 1 aliphatic heterocycles. The minimum atomic E-state index is -0.224. The van der Waals surface area contributed by atoms with Crippen LogP contribution in [-0.2, 0) is 0 Å². The Bertz CT molecular complexity index is 580. The number of halogens is 1. The Morgan fingerprint density at radius 3 is 2.84 bits per heavy atom. The molecule has 1 aliphatic carbocycles. The standard InChI is InChI=1S/C16H17FN2/c1-11-18-10-14(12-4-2-5-12)9-16(19-11)13-6-3-7-15(17)8-13/h3,6-10,12H,2,4-5H2,1H3,(H,18,19). The molecule has 0 atom stereocenters. The molecular weight excluding hydrogens is 239 g/mol. The molecule has 0 aromatic heterocycles. The van der Waals surface area contributed by atoms with Crippen LogP contribution in [0.4, 0.5) is 4.39 Å². The Balaban J connectivity index is 1.98. The zero-order valence-electron chi connectivity index (χ0n) is 11.0. The number of allylic oxidation sites excluding steroid dienone is 2. The van der Waals surface area contributed by atoms with Crippen LogP contribution in [0.1, 0.15) is 31.7 Å². The van der Waals surface area contributed by atoms with E-state index in [0.29, 0.717) is 5.92 Å². The van der Waals surface area contributed by atoms with Gasteiger partial charge in [0.25, 0.3) is 0 Å². The van der Waals surface area contributed by atoms with Gasteiger partial charge in [-0.05, 0) is 49.5 Å². The van der Waals surface area contributed by atoms with Gasteiger partial charge >= 0.3 is 0 Å². The molecule has 0 radical (unpaired) electrons. The first-order valence-corrected chi connectivity index (χ1v) is 6.72. The third-order valence-corrected chi connectivity index (χ3v) is 3.74. The summed E-state index contributed by atoms with van der Waals surface area (Å²) in [4.78, 5) is 4.53. The topological polar surface area (TPSA) is 24.4 Å². The maximum absolute atomic E-state index is 13.3. The molecule has 0 unspecified atom stereocenters. The lowest BCUT2D eigenvalue weighted by molar-refractivity contribution is 0.373. The van der Waals surface area contributed by atoms with E-state index in [4.69, 9.17) is 0 Å². The summed E-state index contributed by atoms with van der Waals surface area (Å²) in [5.74, 6) is 1.24. The number of nitrogens with one attached hydrogen (secondary N) is 1. The summed E-state index contributed by atoms with van der Waals surface area (Å²) >= 11 is 0. The average molecular weight is 256 g/mol. The summed E-state index contributed by atoms with van der Waals surface area (Å²) in [5.41, 5.74) is 2.93. The van der Waals surface area contributed by atoms with Crippen LogP contribution >= 0.6 is 0 Å². The van der Waals surface area contributed by atoms with Crippen molar-refractivity contribution in [2.24, 2.45) is 10.9 Å². The van der Waals surface area contributed by atoms with Crippen LogP contribution in [0.15, 0.2) is 47.1 Å². The quantitative estimate of drug-likeness (QED) is 0.853. The third-order valence-electron chi connectivity index (χ3n) is 3.74. The molecule has 3 rings (SSSR count). The van der Waals surface area contributed by atoms with Gasteiger partial charge in [0.05, 0.1) is 5.70 Å². The van der Waals surface area contributed by atoms with Gasteiger partial charge in [0, 0.05) is 11.8 Å². The second kappa shape index (κ2) is 5.00. The van der Waals surface area contributed by atoms with Gasteiger partial charge in [-0.3, -0.25) is 0 Å². The minimum Gasteiger partial charge on any atom is -0.350 e. The first kappa shape index (κ1) is 12.2. The normalized spacial score (nSPS) is 19.6. The number of aliphatic imine (C=N–C) groups is 1. The number of benzene rings is 1. The van der Waals surface area contributed by atoms with Crippen LogP contribution < -0.4 is 5.32 Å². The van der Waals surface area contributed by atoms with E-state index in [0.717, 1.165) is 17.1 Å². The van der Waals surface area contributed by atoms with Crippen molar-refractivity contribution in [2.45, 2.75) is 26.2 Å². The molecule has 1 saturated carbocycles. The number of hydrogen-bond acceptors (Lipinski definition) is 2. The van der Waals surface area contributed by atoms with Gasteiger partial charge in [-0.15, -0.1) is 0 Å². The fourth-order valence-corrected chi connectivity index (χ4v) is 2.41. The fraction of sp³-hybridized carbons (Fsp3) is 0.312. The van der Waals surface area contributed by atoms with E-state index in [9.17, 15) is 4.39 Å². The van der Waals surface area contributed by atoms with Crippen molar-refractivity contribution in [1.82, 2.24) is 5.32 Å². The second-order valence-electron chi connectivity index (χ2n) is 5.15. The SMILES string of the molecule is CC1=NC(c2cccc(F)c2)=CC(C2CCC2)=CN1. The monoisotopic (exact) mass is 256 g/mol. The lowest BCUT2D eigenvalue weighted by Gasteiger charge is -2.26. The van der Waals surface area contributed by atoms with Crippen LogP contribution in [0, 0.1) is 11.7 Å². The number of nitrogens with zero attached hydrogens (tertiary/aromatic N) is 1. The molecule has 2 nitrogen and oxygen atoms in total. The molecule has 1 aromatic rings. The van der Waals surface area contributed by atoms with Gasteiger partial charge in [0.1, 0.15) is 11.7 Å². The Kier molecular flexibility index (Phi) is 3.20. The highest BCUT2D eigenvalue weighted by molar-refractivity contribution is 5.88. The van der Waals surface area contributed by atoms with Crippen molar-refractivity contribution in [3.8, 4) is 0 Å². The van der Waals surface area contributed by atoms with Gasteiger partial charge in [0.2, 0.25) is 0 Å². The van der Waals surface area contributed by atoms with Crippen LogP contribution in [0.2, 0.25) is 0 Å². The predicted octanol–water partition coefficient (Wildman–Crippen LogP) is 3.87. The highest BCUT2D eigenvalue weighted by Gasteiger charge is 2.22. The molecule has 1 aromatic carbocycles. The molecular formula is C16H17FN2. The van der Waals surface area contributed by atoms with E-state index in [1.165, 1.54) is 37.0 Å². The molecule has 1 fully saturated rings. The Morgan fingerprint density at radius 2 is 2.16 bits per heavy atom. The van der Waals surface area contributed by atoms with Crippen molar-refractivity contribution in [3.63, 3.8) is 0 Å². The largest absolute Gasteiger partial charge is 0.350 e. The number of rotatable bonds is 2. The maximum atomic E-state index is 13.3. The minimum absolute atomic E-state index is 0.224. The molecule has 19 heavy (non-hydrogen) atoms. The summed E-state index contributed by atoms with van der Waals surface area (Å²) in [6, 6.07) is 6.61. The molecule has 0 bridgehead atoms. The maximum Gasteiger partial charge on any atom is 0.123 e. The molecule has 0 spiro atoms. The summed E-state index contributed by atoms with van der Waals surface area (Å²) in [6.45, 7) is 1.92. The van der Waals surface area contributed by atoms with Crippen LogP contribution in [0.5, 0.6) is 0 Å². The van der Waals surface area contributed by atoms with Gasteiger partial charge in [-0.25, -0.2) is 9.38 Å².